The average molecular weight is 178 g/mol. The third-order valence-corrected chi connectivity index (χ3v) is 3.65. The summed E-state index contributed by atoms with van der Waals surface area (Å²) in [6.07, 6.45) is 1.34. The van der Waals surface area contributed by atoms with Crippen LogP contribution in [0.5, 0.6) is 0 Å². The molecule has 1 aromatic rings. The Morgan fingerprint density at radius 1 is 1.25 bits per heavy atom. The molecule has 1 fully saturated rings. The van der Waals surface area contributed by atoms with E-state index < -0.39 is 0 Å². The maximum absolute atomic E-state index is 5.58. The van der Waals surface area contributed by atoms with E-state index in [1.807, 2.05) is 0 Å². The molecule has 0 radical (unpaired) electrons. The first kappa shape index (κ1) is 8.02. The molecule has 0 amide bonds. The Labute approximate surface area is 75.7 Å². The lowest BCUT2D eigenvalue weighted by molar-refractivity contribution is 0.275. The highest BCUT2D eigenvalue weighted by Gasteiger charge is 2.14. The van der Waals surface area contributed by atoms with E-state index in [-0.39, 0.29) is 9.76 Å². The molecule has 1 atom stereocenters. The fourth-order valence-electron chi connectivity index (χ4n) is 1.73. The van der Waals surface area contributed by atoms with Crippen molar-refractivity contribution in [3.63, 3.8) is 0 Å². The summed E-state index contributed by atoms with van der Waals surface area (Å²) >= 11 is 0. The third kappa shape index (κ3) is 1.76. The molecule has 64 valence electrons. The van der Waals surface area contributed by atoms with Gasteiger partial charge < -0.3 is 4.43 Å². The predicted octanol–water partition coefficient (Wildman–Crippen LogP) is 1.69. The summed E-state index contributed by atoms with van der Waals surface area (Å²) < 4.78 is 5.58. The molecule has 1 heterocycles. The standard InChI is InChI=1S/C10H14OSi/c1-2-4-9(5-3-1)10-6-7-12-11-8-10/h1-5,10H,6-8,12H2. The van der Waals surface area contributed by atoms with Crippen molar-refractivity contribution in [2.45, 2.75) is 18.4 Å². The van der Waals surface area contributed by atoms with Crippen molar-refractivity contribution in [2.75, 3.05) is 6.61 Å². The zero-order valence-electron chi connectivity index (χ0n) is 7.20. The molecule has 0 saturated carbocycles. The fourth-order valence-corrected chi connectivity index (χ4v) is 3.04. The van der Waals surface area contributed by atoms with Crippen LogP contribution in [0, 0.1) is 0 Å². The van der Waals surface area contributed by atoms with E-state index in [1.165, 1.54) is 18.0 Å². The number of benzene rings is 1. The molecular formula is C10H14OSi. The van der Waals surface area contributed by atoms with Crippen LogP contribution in [0.1, 0.15) is 17.9 Å². The first-order valence-corrected chi connectivity index (χ1v) is 6.17. The molecule has 0 aliphatic carbocycles. The summed E-state index contributed by atoms with van der Waals surface area (Å²) in [5.41, 5.74) is 1.45. The molecule has 1 nitrogen and oxygen atoms in total. The molecule has 1 aliphatic rings. The number of hydrogen-bond donors (Lipinski definition) is 0. The summed E-state index contributed by atoms with van der Waals surface area (Å²) in [5.74, 6) is 0.674. The highest BCUT2D eigenvalue weighted by atomic mass is 28.2. The topological polar surface area (TPSA) is 9.23 Å². The van der Waals surface area contributed by atoms with Gasteiger partial charge in [-0.1, -0.05) is 30.3 Å². The lowest BCUT2D eigenvalue weighted by atomic mass is 9.97. The Bertz CT molecular complexity index is 229. The predicted molar refractivity (Wildman–Crippen MR) is 53.1 cm³/mol. The van der Waals surface area contributed by atoms with Crippen LogP contribution in [0.3, 0.4) is 0 Å². The van der Waals surface area contributed by atoms with Crippen LogP contribution in [0.2, 0.25) is 6.04 Å². The molecule has 2 heteroatoms. The van der Waals surface area contributed by atoms with Crippen LogP contribution in [0.4, 0.5) is 0 Å². The molecular weight excluding hydrogens is 164 g/mol. The Morgan fingerprint density at radius 3 is 2.75 bits per heavy atom. The van der Waals surface area contributed by atoms with E-state index in [1.54, 1.807) is 0 Å². The van der Waals surface area contributed by atoms with Gasteiger partial charge >= 0.3 is 0 Å². The van der Waals surface area contributed by atoms with Crippen molar-refractivity contribution < 1.29 is 4.43 Å². The summed E-state index contributed by atoms with van der Waals surface area (Å²) in [6, 6.07) is 12.1. The third-order valence-electron chi connectivity index (χ3n) is 2.43. The minimum Gasteiger partial charge on any atom is -0.423 e. The van der Waals surface area contributed by atoms with Crippen molar-refractivity contribution in [1.29, 1.82) is 0 Å². The maximum atomic E-state index is 5.58. The molecule has 0 aromatic heterocycles. The highest BCUT2D eigenvalue weighted by molar-refractivity contribution is 6.27. The van der Waals surface area contributed by atoms with Crippen LogP contribution in [0.25, 0.3) is 0 Å². The monoisotopic (exact) mass is 178 g/mol. The van der Waals surface area contributed by atoms with Gasteiger partial charge in [0.2, 0.25) is 0 Å². The van der Waals surface area contributed by atoms with Gasteiger partial charge in [-0.25, -0.2) is 0 Å². The van der Waals surface area contributed by atoms with Crippen LogP contribution in [0.15, 0.2) is 30.3 Å². The summed E-state index contributed by atoms with van der Waals surface area (Å²) in [6.45, 7) is 0.968. The second-order valence-corrected chi connectivity index (χ2v) is 4.85. The lowest BCUT2D eigenvalue weighted by Gasteiger charge is -2.22. The maximum Gasteiger partial charge on any atom is 0.161 e. The average Bonchev–Trinajstić information content (AvgIpc) is 2.21. The van der Waals surface area contributed by atoms with Crippen molar-refractivity contribution >= 4 is 9.76 Å². The van der Waals surface area contributed by atoms with Crippen molar-refractivity contribution in [1.82, 2.24) is 0 Å². The van der Waals surface area contributed by atoms with Crippen molar-refractivity contribution in [2.24, 2.45) is 0 Å². The fraction of sp³-hybridized carbons (Fsp3) is 0.400. The van der Waals surface area contributed by atoms with Gasteiger partial charge in [-0.3, -0.25) is 0 Å². The van der Waals surface area contributed by atoms with Gasteiger partial charge in [-0.2, -0.15) is 0 Å². The van der Waals surface area contributed by atoms with Gasteiger partial charge in [0.15, 0.2) is 9.76 Å². The minimum absolute atomic E-state index is 0.128. The number of hydrogen-bond acceptors (Lipinski definition) is 1. The Morgan fingerprint density at radius 2 is 2.08 bits per heavy atom. The number of rotatable bonds is 1. The van der Waals surface area contributed by atoms with Crippen molar-refractivity contribution in [3.05, 3.63) is 35.9 Å². The van der Waals surface area contributed by atoms with Crippen LogP contribution in [-0.4, -0.2) is 16.4 Å². The second kappa shape index (κ2) is 3.87. The largest absolute Gasteiger partial charge is 0.423 e. The molecule has 0 spiro atoms. The Kier molecular flexibility index (Phi) is 2.59. The molecule has 0 bridgehead atoms. The van der Waals surface area contributed by atoms with E-state index in [0.29, 0.717) is 5.92 Å². The van der Waals surface area contributed by atoms with Gasteiger partial charge in [-0.15, -0.1) is 0 Å². The van der Waals surface area contributed by atoms with Gasteiger partial charge in [0.05, 0.1) is 0 Å². The second-order valence-electron chi connectivity index (χ2n) is 3.32. The summed E-state index contributed by atoms with van der Waals surface area (Å²) in [7, 11) is -0.128. The zero-order chi connectivity index (χ0) is 8.23. The highest BCUT2D eigenvalue weighted by Crippen LogP contribution is 2.24. The minimum atomic E-state index is -0.128. The molecule has 12 heavy (non-hydrogen) atoms. The molecule has 1 aromatic carbocycles. The lowest BCUT2D eigenvalue weighted by Crippen LogP contribution is -2.16. The quantitative estimate of drug-likeness (QED) is 0.595. The van der Waals surface area contributed by atoms with Crippen LogP contribution in [-0.2, 0) is 4.43 Å². The smallest absolute Gasteiger partial charge is 0.161 e. The van der Waals surface area contributed by atoms with Gasteiger partial charge in [0.1, 0.15) is 0 Å². The molecule has 2 rings (SSSR count). The van der Waals surface area contributed by atoms with Crippen LogP contribution >= 0.6 is 0 Å². The van der Waals surface area contributed by atoms with Gasteiger partial charge in [-0.05, 0) is 18.0 Å². The van der Waals surface area contributed by atoms with E-state index in [0.717, 1.165) is 6.61 Å². The first-order chi connectivity index (χ1) is 5.97. The SMILES string of the molecule is c1ccc(C2CC[SiH2]OC2)cc1. The van der Waals surface area contributed by atoms with E-state index in [2.05, 4.69) is 30.3 Å². The molecule has 0 N–H and O–H groups in total. The van der Waals surface area contributed by atoms with E-state index in [9.17, 15) is 0 Å². The summed E-state index contributed by atoms with van der Waals surface area (Å²) in [4.78, 5) is 0. The van der Waals surface area contributed by atoms with Crippen molar-refractivity contribution in [3.8, 4) is 0 Å². The zero-order valence-corrected chi connectivity index (χ0v) is 8.61. The van der Waals surface area contributed by atoms with Gasteiger partial charge in [0.25, 0.3) is 0 Å². The van der Waals surface area contributed by atoms with Gasteiger partial charge in [0, 0.05) is 12.5 Å². The summed E-state index contributed by atoms with van der Waals surface area (Å²) in [5, 5.41) is 0. The normalized spacial score (nSPS) is 25.8. The molecule has 1 aliphatic heterocycles. The molecule has 1 saturated heterocycles. The first-order valence-electron chi connectivity index (χ1n) is 4.59. The van der Waals surface area contributed by atoms with Crippen LogP contribution < -0.4 is 0 Å². The molecule has 1 unspecified atom stereocenters. The van der Waals surface area contributed by atoms with E-state index >= 15 is 0 Å². The Hall–Kier alpha value is -0.603. The Balaban J connectivity index is 2.08. The van der Waals surface area contributed by atoms with E-state index in [4.69, 9.17) is 4.43 Å².